The summed E-state index contributed by atoms with van der Waals surface area (Å²) < 4.78 is 0. The highest BCUT2D eigenvalue weighted by molar-refractivity contribution is 7.99. The Morgan fingerprint density at radius 2 is 1.90 bits per heavy atom. The third kappa shape index (κ3) is 2.27. The molecule has 3 aliphatic rings. The van der Waals surface area contributed by atoms with Gasteiger partial charge >= 0.3 is 6.03 Å². The summed E-state index contributed by atoms with van der Waals surface area (Å²) in [6.45, 7) is 5.68. The Bertz CT molecular complexity index is 440. The molecule has 1 spiro atoms. The number of imide groups is 1. The number of nitrogens with zero attached hydrogens (tertiary/aromatic N) is 3. The molecule has 0 aromatic carbocycles. The summed E-state index contributed by atoms with van der Waals surface area (Å²) in [7, 11) is 1.80. The molecule has 0 unspecified atom stereocenters. The van der Waals surface area contributed by atoms with Gasteiger partial charge in [0.25, 0.3) is 5.91 Å². The predicted molar refractivity (Wildman–Crippen MR) is 84.4 cm³/mol. The molecule has 0 aromatic heterocycles. The van der Waals surface area contributed by atoms with E-state index in [0.717, 1.165) is 25.9 Å². The van der Waals surface area contributed by atoms with E-state index in [9.17, 15) is 9.59 Å². The highest BCUT2D eigenvalue weighted by atomic mass is 32.2. The number of piperidine rings is 1. The predicted octanol–water partition coefficient (Wildman–Crippen LogP) is 1.63. The summed E-state index contributed by atoms with van der Waals surface area (Å²) >= 11 is 2.02. The molecule has 3 fully saturated rings. The maximum Gasteiger partial charge on any atom is 0.327 e. The Labute approximate surface area is 131 Å². The molecule has 0 aliphatic carbocycles. The van der Waals surface area contributed by atoms with Gasteiger partial charge in [0.1, 0.15) is 5.54 Å². The maximum atomic E-state index is 12.8. The van der Waals surface area contributed by atoms with Crippen LogP contribution in [-0.2, 0) is 4.79 Å². The van der Waals surface area contributed by atoms with Crippen molar-refractivity contribution in [3.05, 3.63) is 0 Å². The minimum atomic E-state index is -0.580. The van der Waals surface area contributed by atoms with Crippen molar-refractivity contribution in [2.24, 2.45) is 0 Å². The maximum absolute atomic E-state index is 12.8. The molecular weight excluding hydrogens is 286 g/mol. The summed E-state index contributed by atoms with van der Waals surface area (Å²) in [6.07, 6.45) is 2.81. The number of urea groups is 1. The van der Waals surface area contributed by atoms with E-state index in [2.05, 4.69) is 4.90 Å². The van der Waals surface area contributed by atoms with Crippen molar-refractivity contribution in [2.75, 3.05) is 31.6 Å². The Morgan fingerprint density at radius 3 is 2.38 bits per heavy atom. The molecule has 3 saturated heterocycles. The molecular formula is C15H25N3O2S. The smallest absolute Gasteiger partial charge is 0.312 e. The van der Waals surface area contributed by atoms with Crippen LogP contribution in [0, 0.1) is 0 Å². The Morgan fingerprint density at radius 1 is 1.24 bits per heavy atom. The van der Waals surface area contributed by atoms with Crippen molar-refractivity contribution < 1.29 is 9.59 Å². The topological polar surface area (TPSA) is 43.9 Å². The van der Waals surface area contributed by atoms with Crippen molar-refractivity contribution in [1.82, 2.24) is 14.7 Å². The lowest BCUT2D eigenvalue weighted by molar-refractivity contribution is -0.136. The van der Waals surface area contributed by atoms with Crippen LogP contribution >= 0.6 is 11.8 Å². The van der Waals surface area contributed by atoms with E-state index >= 15 is 0 Å². The first kappa shape index (κ1) is 15.2. The first-order valence-electron chi connectivity index (χ1n) is 7.90. The van der Waals surface area contributed by atoms with Gasteiger partial charge < -0.3 is 4.90 Å². The highest BCUT2D eigenvalue weighted by Gasteiger charge is 2.57. The standard InChI is InChI=1S/C15H25N3O2S/c1-11(2)18-13(19)15(16(3)14(18)20)5-7-17(8-6-15)12-4-9-21-10-12/h11-12H,4-10H2,1-3H3/t12-/m0/s1. The quantitative estimate of drug-likeness (QED) is 0.727. The minimum Gasteiger partial charge on any atom is -0.312 e. The molecule has 6 heteroatoms. The van der Waals surface area contributed by atoms with Crippen LogP contribution in [0.2, 0.25) is 0 Å². The van der Waals surface area contributed by atoms with E-state index in [0.29, 0.717) is 6.04 Å². The fourth-order valence-electron chi connectivity index (χ4n) is 3.87. The van der Waals surface area contributed by atoms with Gasteiger partial charge in [0.05, 0.1) is 0 Å². The molecule has 3 aliphatic heterocycles. The number of likely N-dealkylation sites (tertiary alicyclic amines) is 1. The molecule has 0 aromatic rings. The largest absolute Gasteiger partial charge is 0.327 e. The van der Waals surface area contributed by atoms with Gasteiger partial charge in [0.15, 0.2) is 0 Å². The third-order valence-corrected chi connectivity index (χ3v) is 6.46. The van der Waals surface area contributed by atoms with E-state index in [1.165, 1.54) is 22.8 Å². The number of carbonyl (C=O) groups is 2. The van der Waals surface area contributed by atoms with Gasteiger partial charge in [-0.3, -0.25) is 14.6 Å². The zero-order valence-corrected chi connectivity index (χ0v) is 14.0. The second-order valence-corrected chi connectivity index (χ2v) is 7.85. The minimum absolute atomic E-state index is 0.0189. The molecule has 3 heterocycles. The van der Waals surface area contributed by atoms with Gasteiger partial charge in [0, 0.05) is 38.0 Å². The van der Waals surface area contributed by atoms with Crippen LogP contribution in [0.25, 0.3) is 0 Å². The average Bonchev–Trinajstić information content (AvgIpc) is 3.04. The normalized spacial score (nSPS) is 30.2. The fourth-order valence-corrected chi connectivity index (χ4v) is 5.13. The molecule has 5 nitrogen and oxygen atoms in total. The van der Waals surface area contributed by atoms with Crippen molar-refractivity contribution >= 4 is 23.7 Å². The molecule has 0 N–H and O–H groups in total. The molecule has 0 saturated carbocycles. The van der Waals surface area contributed by atoms with Gasteiger partial charge in [0.2, 0.25) is 0 Å². The van der Waals surface area contributed by atoms with E-state index in [1.54, 1.807) is 11.9 Å². The summed E-state index contributed by atoms with van der Waals surface area (Å²) in [5, 5.41) is 0. The van der Waals surface area contributed by atoms with E-state index in [-0.39, 0.29) is 18.0 Å². The Kier molecular flexibility index (Phi) is 3.94. The Hall–Kier alpha value is -0.750. The monoisotopic (exact) mass is 311 g/mol. The number of hydrogen-bond donors (Lipinski definition) is 0. The number of amides is 3. The lowest BCUT2D eigenvalue weighted by atomic mass is 9.85. The third-order valence-electron chi connectivity index (χ3n) is 5.32. The van der Waals surface area contributed by atoms with Crippen molar-refractivity contribution in [2.45, 2.75) is 50.7 Å². The van der Waals surface area contributed by atoms with Crippen molar-refractivity contribution in [3.63, 3.8) is 0 Å². The number of carbonyl (C=O) groups excluding carboxylic acids is 2. The molecule has 1 atom stereocenters. The van der Waals surface area contributed by atoms with Gasteiger partial charge in [-0.25, -0.2) is 4.79 Å². The number of thioether (sulfide) groups is 1. The van der Waals surface area contributed by atoms with Crippen molar-refractivity contribution in [3.8, 4) is 0 Å². The van der Waals surface area contributed by atoms with Gasteiger partial charge in [-0.15, -0.1) is 0 Å². The molecule has 118 valence electrons. The van der Waals surface area contributed by atoms with Gasteiger partial charge in [-0.2, -0.15) is 11.8 Å². The van der Waals surface area contributed by atoms with E-state index < -0.39 is 5.54 Å². The van der Waals surface area contributed by atoms with Gasteiger partial charge in [-0.1, -0.05) is 0 Å². The first-order chi connectivity index (χ1) is 9.97. The van der Waals surface area contributed by atoms with E-state index in [4.69, 9.17) is 0 Å². The van der Waals surface area contributed by atoms with Crippen LogP contribution < -0.4 is 0 Å². The lowest BCUT2D eigenvalue weighted by Gasteiger charge is -2.42. The second-order valence-electron chi connectivity index (χ2n) is 6.70. The molecule has 0 bridgehead atoms. The van der Waals surface area contributed by atoms with Crippen LogP contribution in [0.3, 0.4) is 0 Å². The van der Waals surface area contributed by atoms with Gasteiger partial charge in [-0.05, 0) is 38.9 Å². The van der Waals surface area contributed by atoms with E-state index in [1.807, 2.05) is 25.6 Å². The molecule has 3 rings (SSSR count). The summed E-state index contributed by atoms with van der Waals surface area (Å²) in [5.41, 5.74) is -0.580. The SMILES string of the molecule is CC(C)N1C(=O)N(C)C2(CCN([C@H]3CCSC3)CC2)C1=O. The summed E-state index contributed by atoms with van der Waals surface area (Å²) in [6, 6.07) is 0.488. The fraction of sp³-hybridized carbons (Fsp3) is 0.867. The molecule has 21 heavy (non-hydrogen) atoms. The number of likely N-dealkylation sites (N-methyl/N-ethyl adjacent to an activating group) is 1. The summed E-state index contributed by atoms with van der Waals surface area (Å²) in [5.74, 6) is 2.49. The molecule has 3 amide bonds. The number of rotatable bonds is 2. The highest BCUT2D eigenvalue weighted by Crippen LogP contribution is 2.38. The Balaban J connectivity index is 1.74. The van der Waals surface area contributed by atoms with Crippen molar-refractivity contribution in [1.29, 1.82) is 0 Å². The first-order valence-corrected chi connectivity index (χ1v) is 9.06. The van der Waals surface area contributed by atoms with Crippen LogP contribution in [0.4, 0.5) is 4.79 Å². The van der Waals surface area contributed by atoms with Crippen LogP contribution in [0.1, 0.15) is 33.1 Å². The summed E-state index contributed by atoms with van der Waals surface area (Å²) in [4.78, 5) is 30.9. The van der Waals surface area contributed by atoms with Crippen LogP contribution in [-0.4, -0.2) is 75.9 Å². The zero-order chi connectivity index (χ0) is 15.2. The number of hydrogen-bond acceptors (Lipinski definition) is 4. The van der Waals surface area contributed by atoms with Crippen LogP contribution in [0.5, 0.6) is 0 Å². The average molecular weight is 311 g/mol. The molecule has 0 radical (unpaired) electrons. The second kappa shape index (κ2) is 5.47. The lowest BCUT2D eigenvalue weighted by Crippen LogP contribution is -2.57. The zero-order valence-electron chi connectivity index (χ0n) is 13.2. The van der Waals surface area contributed by atoms with Crippen LogP contribution in [0.15, 0.2) is 0 Å².